The first-order valence-electron chi connectivity index (χ1n) is 15.0. The highest BCUT2D eigenvalue weighted by molar-refractivity contribution is 5.91. The van der Waals surface area contributed by atoms with E-state index in [0.717, 1.165) is 35.3 Å². The maximum atomic E-state index is 14.1. The number of carbonyl (C=O) groups excluding carboxylic acids is 3. The molecule has 0 aliphatic carbocycles. The summed E-state index contributed by atoms with van der Waals surface area (Å²) in [5.41, 5.74) is 3.15. The Morgan fingerprint density at radius 1 is 0.953 bits per heavy atom. The fourth-order valence-electron chi connectivity index (χ4n) is 6.14. The molecule has 0 bridgehead atoms. The van der Waals surface area contributed by atoms with Crippen molar-refractivity contribution in [2.24, 2.45) is 0 Å². The summed E-state index contributed by atoms with van der Waals surface area (Å²) in [6.45, 7) is 3.09. The van der Waals surface area contributed by atoms with Gasteiger partial charge in [-0.05, 0) is 35.2 Å². The Hall–Kier alpha value is -4.37. The Balaban J connectivity index is 1.43. The molecule has 2 saturated heterocycles. The molecule has 4 amide bonds. The molecule has 226 valence electrons. The van der Waals surface area contributed by atoms with E-state index >= 15 is 0 Å². The second-order valence-corrected chi connectivity index (χ2v) is 11.2. The number of hydrogen-bond acceptors (Lipinski definition) is 5. The summed E-state index contributed by atoms with van der Waals surface area (Å²) >= 11 is 0. The molecule has 0 radical (unpaired) electrons. The summed E-state index contributed by atoms with van der Waals surface area (Å²) in [5.74, 6) is 0.495. The highest BCUT2D eigenvalue weighted by atomic mass is 16.5. The molecular formula is C34H41N5O4. The van der Waals surface area contributed by atoms with Crippen molar-refractivity contribution in [3.63, 3.8) is 0 Å². The lowest BCUT2D eigenvalue weighted by Crippen LogP contribution is -2.76. The zero-order valence-electron chi connectivity index (χ0n) is 25.2. The first-order valence-corrected chi connectivity index (χ1v) is 15.0. The number of nitrogens with one attached hydrogen (secondary N) is 1. The van der Waals surface area contributed by atoms with Crippen molar-refractivity contribution in [3.8, 4) is 5.75 Å². The van der Waals surface area contributed by atoms with Crippen molar-refractivity contribution in [3.05, 3.63) is 102 Å². The summed E-state index contributed by atoms with van der Waals surface area (Å²) in [5, 5.41) is 6.31. The molecule has 3 aromatic rings. The van der Waals surface area contributed by atoms with Gasteiger partial charge >= 0.3 is 6.03 Å². The topological polar surface area (TPSA) is 85.4 Å². The van der Waals surface area contributed by atoms with E-state index in [1.165, 1.54) is 0 Å². The normalized spacial score (nSPS) is 19.0. The maximum absolute atomic E-state index is 14.1. The average molecular weight is 584 g/mol. The van der Waals surface area contributed by atoms with Crippen LogP contribution in [0.25, 0.3) is 0 Å². The van der Waals surface area contributed by atoms with Crippen LogP contribution in [0.1, 0.15) is 48.8 Å². The Labute approximate surface area is 254 Å². The van der Waals surface area contributed by atoms with Gasteiger partial charge in [-0.15, -0.1) is 0 Å². The van der Waals surface area contributed by atoms with Crippen LogP contribution in [0, 0.1) is 0 Å². The minimum atomic E-state index is -0.621. The van der Waals surface area contributed by atoms with Crippen LogP contribution >= 0.6 is 0 Å². The van der Waals surface area contributed by atoms with Gasteiger partial charge in [0, 0.05) is 26.1 Å². The number of amides is 4. The molecule has 2 heterocycles. The van der Waals surface area contributed by atoms with E-state index in [0.29, 0.717) is 19.5 Å². The van der Waals surface area contributed by atoms with E-state index in [1.54, 1.807) is 29.1 Å². The monoisotopic (exact) mass is 583 g/mol. The molecule has 2 fully saturated rings. The van der Waals surface area contributed by atoms with E-state index in [2.05, 4.69) is 36.5 Å². The van der Waals surface area contributed by atoms with Gasteiger partial charge in [-0.1, -0.05) is 92.6 Å². The Kier molecular flexibility index (Phi) is 9.61. The fourth-order valence-corrected chi connectivity index (χ4v) is 6.14. The Bertz CT molecular complexity index is 1350. The molecule has 3 aromatic carbocycles. The van der Waals surface area contributed by atoms with Gasteiger partial charge < -0.3 is 19.9 Å². The number of hydrogen-bond donors (Lipinski definition) is 1. The van der Waals surface area contributed by atoms with E-state index < -0.39 is 12.2 Å². The van der Waals surface area contributed by atoms with Crippen LogP contribution in [0.5, 0.6) is 5.75 Å². The van der Waals surface area contributed by atoms with Crippen LogP contribution in [0.2, 0.25) is 0 Å². The zero-order chi connectivity index (χ0) is 30.3. The van der Waals surface area contributed by atoms with Crippen molar-refractivity contribution in [1.82, 2.24) is 25.1 Å². The molecule has 9 nitrogen and oxygen atoms in total. The van der Waals surface area contributed by atoms with Crippen molar-refractivity contribution in [2.45, 2.75) is 50.9 Å². The van der Waals surface area contributed by atoms with Gasteiger partial charge in [0.05, 0.1) is 20.2 Å². The summed E-state index contributed by atoms with van der Waals surface area (Å²) in [6, 6.07) is 27.0. The molecular weight excluding hydrogens is 542 g/mol. The molecule has 9 heteroatoms. The van der Waals surface area contributed by atoms with E-state index in [9.17, 15) is 14.4 Å². The fraction of sp³-hybridized carbons (Fsp3) is 0.382. The maximum Gasteiger partial charge on any atom is 0.334 e. The number of ether oxygens (including phenoxy) is 1. The number of piperazine rings is 1. The molecule has 0 saturated carbocycles. The number of nitrogens with zero attached hydrogens (tertiary/aromatic N) is 4. The molecule has 2 atom stereocenters. The minimum absolute atomic E-state index is 0.0268. The number of methoxy groups -OCH3 is 1. The van der Waals surface area contributed by atoms with Crippen molar-refractivity contribution < 1.29 is 19.1 Å². The number of hydrazine groups is 1. The molecule has 43 heavy (non-hydrogen) atoms. The molecule has 2 aliphatic rings. The number of likely N-dealkylation sites (N-methyl/N-ethyl adjacent to an activating group) is 1. The lowest BCUT2D eigenvalue weighted by molar-refractivity contribution is -0.187. The second kappa shape index (κ2) is 13.7. The van der Waals surface area contributed by atoms with Crippen molar-refractivity contribution >= 4 is 17.8 Å². The molecule has 0 spiro atoms. The number of rotatable bonds is 10. The molecule has 2 aliphatic heterocycles. The van der Waals surface area contributed by atoms with Crippen LogP contribution < -0.4 is 10.1 Å². The van der Waals surface area contributed by atoms with E-state index in [1.807, 2.05) is 65.6 Å². The van der Waals surface area contributed by atoms with Gasteiger partial charge in [0.1, 0.15) is 18.0 Å². The van der Waals surface area contributed by atoms with Gasteiger partial charge in [-0.25, -0.2) is 14.8 Å². The second-order valence-electron chi connectivity index (χ2n) is 11.2. The minimum Gasteiger partial charge on any atom is -0.497 e. The van der Waals surface area contributed by atoms with E-state index in [-0.39, 0.29) is 36.9 Å². The SMILES string of the molecule is CCCCC1C(=O)N(CC(c2ccccc2)c2ccccc2)CC2N1C(=O)CN(C)N2C(=O)NCc1ccc(OC)cc1. The van der Waals surface area contributed by atoms with Gasteiger partial charge in [0.2, 0.25) is 11.8 Å². The summed E-state index contributed by atoms with van der Waals surface area (Å²) in [4.78, 5) is 44.9. The molecule has 2 unspecified atom stereocenters. The molecule has 5 rings (SSSR count). The van der Waals surface area contributed by atoms with E-state index in [4.69, 9.17) is 4.74 Å². The predicted molar refractivity (Wildman–Crippen MR) is 165 cm³/mol. The molecule has 0 aromatic heterocycles. The Morgan fingerprint density at radius 2 is 1.58 bits per heavy atom. The Morgan fingerprint density at radius 3 is 2.16 bits per heavy atom. The number of unbranched alkanes of at least 4 members (excludes halogenated alkanes) is 1. The number of fused-ring (bicyclic) bond motifs is 1. The number of benzene rings is 3. The quantitative estimate of drug-likeness (QED) is 0.381. The lowest BCUT2D eigenvalue weighted by Gasteiger charge is -2.54. The van der Waals surface area contributed by atoms with Gasteiger partial charge in [0.25, 0.3) is 0 Å². The largest absolute Gasteiger partial charge is 0.497 e. The van der Waals surface area contributed by atoms with Crippen LogP contribution in [-0.4, -0.2) is 83.7 Å². The third-order valence-electron chi connectivity index (χ3n) is 8.39. The summed E-state index contributed by atoms with van der Waals surface area (Å²) < 4.78 is 5.24. The van der Waals surface area contributed by atoms with Crippen molar-refractivity contribution in [2.75, 3.05) is 33.8 Å². The standard InChI is InChI=1S/C34H41N5O4/c1-4-5-16-30-33(41)37(22-29(26-12-8-6-9-13-26)27-14-10-7-11-15-27)23-31-38(30)32(40)24-36(2)39(31)34(42)35-21-25-17-19-28(43-3)20-18-25/h6-15,17-20,29-31H,4-5,16,21-24H2,1-3H3,(H,35,42). The zero-order valence-corrected chi connectivity index (χ0v) is 25.2. The van der Waals surface area contributed by atoms with Crippen molar-refractivity contribution in [1.29, 1.82) is 0 Å². The average Bonchev–Trinajstić information content (AvgIpc) is 3.03. The van der Waals surface area contributed by atoms with Gasteiger partial charge in [0.15, 0.2) is 0 Å². The van der Waals surface area contributed by atoms with Gasteiger partial charge in [-0.2, -0.15) is 0 Å². The number of carbonyl (C=O) groups is 3. The smallest absolute Gasteiger partial charge is 0.334 e. The van der Waals surface area contributed by atoms with Crippen LogP contribution in [-0.2, 0) is 16.1 Å². The summed E-state index contributed by atoms with van der Waals surface area (Å²) in [6.07, 6.45) is 1.65. The van der Waals surface area contributed by atoms with Crippen LogP contribution in [0.4, 0.5) is 4.79 Å². The third-order valence-corrected chi connectivity index (χ3v) is 8.39. The highest BCUT2D eigenvalue weighted by Crippen LogP contribution is 2.32. The third kappa shape index (κ3) is 6.67. The number of urea groups is 1. The van der Waals surface area contributed by atoms with Crippen LogP contribution in [0.15, 0.2) is 84.9 Å². The predicted octanol–water partition coefficient (Wildman–Crippen LogP) is 4.46. The summed E-state index contributed by atoms with van der Waals surface area (Å²) in [7, 11) is 3.37. The molecule has 1 N–H and O–H groups in total. The van der Waals surface area contributed by atoms with Crippen LogP contribution in [0.3, 0.4) is 0 Å². The first kappa shape index (κ1) is 30.1. The van der Waals surface area contributed by atoms with Gasteiger partial charge in [-0.3, -0.25) is 9.59 Å². The highest BCUT2D eigenvalue weighted by Gasteiger charge is 2.50. The lowest BCUT2D eigenvalue weighted by atomic mass is 9.90. The first-order chi connectivity index (χ1) is 20.9.